The summed E-state index contributed by atoms with van der Waals surface area (Å²) in [6.45, 7) is 5.54. The van der Waals surface area contributed by atoms with Crippen LogP contribution in [0.3, 0.4) is 0 Å². The van der Waals surface area contributed by atoms with Crippen LogP contribution in [0.1, 0.15) is 17.5 Å². The summed E-state index contributed by atoms with van der Waals surface area (Å²) in [5.74, 6) is 2.56. The summed E-state index contributed by atoms with van der Waals surface area (Å²) < 4.78 is 0. The number of thioether (sulfide) groups is 1. The Morgan fingerprint density at radius 3 is 3.06 bits per heavy atom. The number of rotatable bonds is 2. The summed E-state index contributed by atoms with van der Waals surface area (Å²) in [5, 5.41) is 0. The highest BCUT2D eigenvalue weighted by atomic mass is 32.2. The van der Waals surface area contributed by atoms with Crippen LogP contribution in [0.25, 0.3) is 0 Å². The van der Waals surface area contributed by atoms with Crippen LogP contribution in [0.5, 0.6) is 0 Å². The monoisotopic (exact) mass is 236 g/mol. The van der Waals surface area contributed by atoms with Crippen molar-refractivity contribution in [1.29, 1.82) is 0 Å². The lowest BCUT2D eigenvalue weighted by atomic mass is 10.1. The quantitative estimate of drug-likeness (QED) is 0.800. The van der Waals surface area contributed by atoms with Gasteiger partial charge in [-0.15, -0.1) is 0 Å². The Labute approximate surface area is 102 Å². The van der Waals surface area contributed by atoms with Crippen molar-refractivity contribution in [1.82, 2.24) is 4.90 Å². The van der Waals surface area contributed by atoms with E-state index in [2.05, 4.69) is 35.7 Å². The summed E-state index contributed by atoms with van der Waals surface area (Å²) in [5.41, 5.74) is 9.53. The molecule has 2 N–H and O–H groups in total. The molecular formula is C13H20N2S. The number of nitrogen functional groups attached to an aromatic ring is 1. The first-order valence-electron chi connectivity index (χ1n) is 5.91. The second-order valence-corrected chi connectivity index (χ2v) is 5.67. The number of hydrogen-bond donors (Lipinski definition) is 1. The molecule has 1 aromatic carbocycles. The fraction of sp³-hybridized carbons (Fsp3) is 0.538. The summed E-state index contributed by atoms with van der Waals surface area (Å²) in [6, 6.07) is 6.32. The second kappa shape index (κ2) is 5.60. The van der Waals surface area contributed by atoms with Gasteiger partial charge in [-0.2, -0.15) is 11.8 Å². The maximum Gasteiger partial charge on any atom is 0.0359 e. The topological polar surface area (TPSA) is 29.3 Å². The minimum Gasteiger partial charge on any atom is -0.398 e. The van der Waals surface area contributed by atoms with E-state index < -0.39 is 0 Å². The van der Waals surface area contributed by atoms with Gasteiger partial charge in [0.15, 0.2) is 0 Å². The normalized spacial score (nSPS) is 18.3. The molecule has 0 amide bonds. The molecular weight excluding hydrogens is 216 g/mol. The highest BCUT2D eigenvalue weighted by Gasteiger charge is 2.10. The van der Waals surface area contributed by atoms with Crippen molar-refractivity contribution < 1.29 is 0 Å². The van der Waals surface area contributed by atoms with E-state index in [-0.39, 0.29) is 0 Å². The number of hydrogen-bond acceptors (Lipinski definition) is 3. The van der Waals surface area contributed by atoms with E-state index in [1.54, 1.807) is 0 Å². The second-order valence-electron chi connectivity index (χ2n) is 4.44. The summed E-state index contributed by atoms with van der Waals surface area (Å²) >= 11 is 2.06. The number of nitrogens with zero attached hydrogens (tertiary/aromatic N) is 1. The van der Waals surface area contributed by atoms with E-state index in [0.717, 1.165) is 12.2 Å². The lowest BCUT2D eigenvalue weighted by Crippen LogP contribution is -2.25. The van der Waals surface area contributed by atoms with E-state index in [1.165, 1.54) is 42.1 Å². The van der Waals surface area contributed by atoms with Crippen molar-refractivity contribution in [2.75, 3.05) is 30.3 Å². The van der Waals surface area contributed by atoms with Gasteiger partial charge in [0.25, 0.3) is 0 Å². The number of anilines is 1. The molecule has 0 aromatic heterocycles. The van der Waals surface area contributed by atoms with Crippen LogP contribution in [-0.4, -0.2) is 29.5 Å². The fourth-order valence-corrected chi connectivity index (χ4v) is 2.99. The maximum absolute atomic E-state index is 6.01. The van der Waals surface area contributed by atoms with Gasteiger partial charge < -0.3 is 5.73 Å². The Kier molecular flexibility index (Phi) is 4.13. The van der Waals surface area contributed by atoms with Gasteiger partial charge in [-0.05, 0) is 37.3 Å². The maximum atomic E-state index is 6.01. The molecule has 3 heteroatoms. The first kappa shape index (κ1) is 11.8. The molecule has 0 aliphatic carbocycles. The van der Waals surface area contributed by atoms with Crippen LogP contribution < -0.4 is 5.73 Å². The van der Waals surface area contributed by atoms with Gasteiger partial charge >= 0.3 is 0 Å². The van der Waals surface area contributed by atoms with E-state index in [4.69, 9.17) is 5.73 Å². The van der Waals surface area contributed by atoms with Crippen LogP contribution in [-0.2, 0) is 6.54 Å². The Bertz CT molecular complexity index is 344. The van der Waals surface area contributed by atoms with Crippen molar-refractivity contribution in [3.8, 4) is 0 Å². The van der Waals surface area contributed by atoms with Crippen molar-refractivity contribution in [3.05, 3.63) is 29.3 Å². The third kappa shape index (κ3) is 3.16. The van der Waals surface area contributed by atoms with Crippen molar-refractivity contribution >= 4 is 17.4 Å². The molecule has 16 heavy (non-hydrogen) atoms. The summed E-state index contributed by atoms with van der Waals surface area (Å²) in [6.07, 6.45) is 1.30. The van der Waals surface area contributed by atoms with E-state index in [9.17, 15) is 0 Å². The van der Waals surface area contributed by atoms with Crippen LogP contribution in [0.15, 0.2) is 18.2 Å². The molecule has 0 spiro atoms. The Morgan fingerprint density at radius 1 is 1.31 bits per heavy atom. The smallest absolute Gasteiger partial charge is 0.0359 e. The van der Waals surface area contributed by atoms with Gasteiger partial charge in [0.05, 0.1) is 0 Å². The molecule has 1 aromatic rings. The molecule has 0 saturated carbocycles. The van der Waals surface area contributed by atoms with E-state index >= 15 is 0 Å². The zero-order chi connectivity index (χ0) is 11.4. The molecule has 0 radical (unpaired) electrons. The Hall–Kier alpha value is -0.670. The molecule has 0 bridgehead atoms. The zero-order valence-electron chi connectivity index (χ0n) is 9.91. The molecule has 2 nitrogen and oxygen atoms in total. The third-order valence-corrected chi connectivity index (χ3v) is 4.06. The molecule has 1 heterocycles. The molecule has 1 fully saturated rings. The van der Waals surface area contributed by atoms with Crippen LogP contribution in [0, 0.1) is 6.92 Å². The fourth-order valence-electron chi connectivity index (χ4n) is 2.07. The highest BCUT2D eigenvalue weighted by molar-refractivity contribution is 7.99. The zero-order valence-corrected chi connectivity index (χ0v) is 10.7. The van der Waals surface area contributed by atoms with Gasteiger partial charge in [-0.25, -0.2) is 0 Å². The molecule has 0 atom stereocenters. The number of aryl methyl sites for hydroxylation is 1. The standard InChI is InChI=1S/C13H20N2S/c1-11-3-4-13(14)12(9-11)10-15-5-2-7-16-8-6-15/h3-4,9H,2,5-8,10,14H2,1H3. The summed E-state index contributed by atoms with van der Waals surface area (Å²) in [4.78, 5) is 2.52. The third-order valence-electron chi connectivity index (χ3n) is 3.01. The van der Waals surface area contributed by atoms with E-state index in [0.29, 0.717) is 0 Å². The van der Waals surface area contributed by atoms with Gasteiger partial charge in [0.1, 0.15) is 0 Å². The van der Waals surface area contributed by atoms with Gasteiger partial charge in [-0.3, -0.25) is 4.90 Å². The Balaban J connectivity index is 2.04. The summed E-state index contributed by atoms with van der Waals surface area (Å²) in [7, 11) is 0. The average molecular weight is 236 g/mol. The van der Waals surface area contributed by atoms with Crippen molar-refractivity contribution in [3.63, 3.8) is 0 Å². The predicted octanol–water partition coefficient (Wildman–Crippen LogP) is 2.52. The molecule has 1 aliphatic heterocycles. The highest BCUT2D eigenvalue weighted by Crippen LogP contribution is 2.18. The van der Waals surface area contributed by atoms with Gasteiger partial charge in [0.2, 0.25) is 0 Å². The molecule has 1 aliphatic rings. The minimum atomic E-state index is 0.933. The van der Waals surface area contributed by atoms with Crippen molar-refractivity contribution in [2.45, 2.75) is 19.9 Å². The first-order valence-corrected chi connectivity index (χ1v) is 7.06. The number of benzene rings is 1. The molecule has 1 saturated heterocycles. The lowest BCUT2D eigenvalue weighted by molar-refractivity contribution is 0.288. The van der Waals surface area contributed by atoms with Gasteiger partial charge in [-0.1, -0.05) is 17.7 Å². The van der Waals surface area contributed by atoms with E-state index in [1.807, 2.05) is 6.07 Å². The van der Waals surface area contributed by atoms with Crippen LogP contribution >= 0.6 is 11.8 Å². The first-order chi connectivity index (χ1) is 7.75. The van der Waals surface area contributed by atoms with Gasteiger partial charge in [0, 0.05) is 24.5 Å². The molecule has 0 unspecified atom stereocenters. The SMILES string of the molecule is Cc1ccc(N)c(CN2CCCSCC2)c1. The molecule has 88 valence electrons. The van der Waals surface area contributed by atoms with Crippen molar-refractivity contribution in [2.24, 2.45) is 0 Å². The minimum absolute atomic E-state index is 0.933. The predicted molar refractivity (Wildman–Crippen MR) is 72.8 cm³/mol. The average Bonchev–Trinajstić information content (AvgIpc) is 2.52. The molecule has 2 rings (SSSR count). The Morgan fingerprint density at radius 2 is 2.19 bits per heavy atom. The lowest BCUT2D eigenvalue weighted by Gasteiger charge is -2.20. The van der Waals surface area contributed by atoms with Crippen LogP contribution in [0.4, 0.5) is 5.69 Å². The number of nitrogens with two attached hydrogens (primary N) is 1. The largest absolute Gasteiger partial charge is 0.398 e. The van der Waals surface area contributed by atoms with Crippen LogP contribution in [0.2, 0.25) is 0 Å².